The molecule has 0 aliphatic rings. The summed E-state index contributed by atoms with van der Waals surface area (Å²) in [4.78, 5) is 0. The molecule has 1 atom stereocenters. The van der Waals surface area contributed by atoms with E-state index in [2.05, 4.69) is 22.5 Å². The van der Waals surface area contributed by atoms with E-state index in [-0.39, 0.29) is 18.4 Å². The number of halogens is 2. The van der Waals surface area contributed by atoms with Crippen molar-refractivity contribution in [3.8, 4) is 0 Å². The van der Waals surface area contributed by atoms with Crippen LogP contribution in [0.3, 0.4) is 0 Å². The normalized spacial score (nSPS) is 11.5. The molecule has 0 saturated carbocycles. The van der Waals surface area contributed by atoms with Gasteiger partial charge in [-0.3, -0.25) is 0 Å². The van der Waals surface area contributed by atoms with Crippen LogP contribution in [0.15, 0.2) is 41.4 Å². The lowest BCUT2D eigenvalue weighted by Gasteiger charge is -2.07. The Hall–Kier alpha value is -0.310. The molecule has 0 bridgehead atoms. The van der Waals surface area contributed by atoms with Gasteiger partial charge in [-0.1, -0.05) is 40.2 Å². The Morgan fingerprint density at radius 1 is 1.42 bits per heavy atom. The van der Waals surface area contributed by atoms with Gasteiger partial charge in [0.15, 0.2) is 0 Å². The summed E-state index contributed by atoms with van der Waals surface area (Å²) < 4.78 is 1.03. The molecule has 0 aromatic heterocycles. The van der Waals surface area contributed by atoms with Crippen LogP contribution in [0, 0.1) is 0 Å². The number of hydrogen-bond donors (Lipinski definition) is 1. The van der Waals surface area contributed by atoms with Gasteiger partial charge in [-0.05, 0) is 11.6 Å². The summed E-state index contributed by atoms with van der Waals surface area (Å²) in [6.45, 7) is 3.63. The van der Waals surface area contributed by atoms with Crippen LogP contribution < -0.4 is 5.73 Å². The van der Waals surface area contributed by atoms with E-state index in [1.165, 1.54) is 0 Å². The Bertz CT molecular complexity index is 262. The highest BCUT2D eigenvalue weighted by Gasteiger charge is 2.03. The molecule has 0 radical (unpaired) electrons. The van der Waals surface area contributed by atoms with Gasteiger partial charge in [0.1, 0.15) is 0 Å². The summed E-state index contributed by atoms with van der Waals surface area (Å²) in [6.07, 6.45) is 1.72. The summed E-state index contributed by atoms with van der Waals surface area (Å²) >= 11 is 3.41. The molecule has 0 heterocycles. The molecule has 0 aliphatic heterocycles. The van der Waals surface area contributed by atoms with Crippen molar-refractivity contribution in [2.75, 3.05) is 0 Å². The smallest absolute Gasteiger partial charge is 0.0489 e. The summed E-state index contributed by atoms with van der Waals surface area (Å²) in [5.74, 6) is 0. The SMILES string of the molecule is C=C[C@@H](N)c1ccccc1Br.Cl. The van der Waals surface area contributed by atoms with Crippen molar-refractivity contribution in [1.82, 2.24) is 0 Å². The van der Waals surface area contributed by atoms with Crippen molar-refractivity contribution in [3.63, 3.8) is 0 Å². The van der Waals surface area contributed by atoms with Crippen LogP contribution in [-0.4, -0.2) is 0 Å². The van der Waals surface area contributed by atoms with E-state index in [1.54, 1.807) is 6.08 Å². The van der Waals surface area contributed by atoms with E-state index in [0.717, 1.165) is 10.0 Å². The molecule has 66 valence electrons. The minimum absolute atomic E-state index is 0. The van der Waals surface area contributed by atoms with Gasteiger partial charge in [0, 0.05) is 10.5 Å². The average molecular weight is 249 g/mol. The predicted molar refractivity (Wildman–Crippen MR) is 58.5 cm³/mol. The van der Waals surface area contributed by atoms with Crippen LogP contribution in [-0.2, 0) is 0 Å². The van der Waals surface area contributed by atoms with E-state index in [9.17, 15) is 0 Å². The Kier molecular flexibility index (Phi) is 5.22. The van der Waals surface area contributed by atoms with Gasteiger partial charge in [0.05, 0.1) is 0 Å². The third kappa shape index (κ3) is 2.63. The molecular weight excluding hydrogens is 237 g/mol. The first-order valence-electron chi connectivity index (χ1n) is 3.38. The first-order valence-corrected chi connectivity index (χ1v) is 4.17. The molecule has 0 fully saturated rings. The molecule has 0 unspecified atom stereocenters. The van der Waals surface area contributed by atoms with Crippen LogP contribution >= 0.6 is 28.3 Å². The fraction of sp³-hybridized carbons (Fsp3) is 0.111. The predicted octanol–water partition coefficient (Wildman–Crippen LogP) is 3.06. The van der Waals surface area contributed by atoms with Crippen LogP contribution in [0.2, 0.25) is 0 Å². The summed E-state index contributed by atoms with van der Waals surface area (Å²) in [6, 6.07) is 7.80. The molecule has 1 aromatic rings. The zero-order valence-corrected chi connectivity index (χ0v) is 8.94. The highest BCUT2D eigenvalue weighted by molar-refractivity contribution is 9.10. The van der Waals surface area contributed by atoms with Crippen LogP contribution in [0.5, 0.6) is 0 Å². The lowest BCUT2D eigenvalue weighted by Crippen LogP contribution is -2.06. The molecular formula is C9H11BrClN. The monoisotopic (exact) mass is 247 g/mol. The maximum Gasteiger partial charge on any atom is 0.0489 e. The fourth-order valence-electron chi connectivity index (χ4n) is 0.872. The molecule has 0 aliphatic carbocycles. The molecule has 1 nitrogen and oxygen atoms in total. The molecule has 3 heteroatoms. The Labute approximate surface area is 87.2 Å². The second-order valence-electron chi connectivity index (χ2n) is 2.28. The highest BCUT2D eigenvalue weighted by Crippen LogP contribution is 2.21. The second kappa shape index (κ2) is 5.36. The zero-order chi connectivity index (χ0) is 8.27. The van der Waals surface area contributed by atoms with Crippen LogP contribution in [0.4, 0.5) is 0 Å². The van der Waals surface area contributed by atoms with Crippen molar-refractivity contribution in [1.29, 1.82) is 0 Å². The van der Waals surface area contributed by atoms with Crippen LogP contribution in [0.1, 0.15) is 11.6 Å². The number of nitrogens with two attached hydrogens (primary N) is 1. The standard InChI is InChI=1S/C9H10BrN.ClH/c1-2-9(11)7-5-3-4-6-8(7)10;/h2-6,9H,1,11H2;1H/t9-;/m1./s1. The highest BCUT2D eigenvalue weighted by atomic mass is 79.9. The summed E-state index contributed by atoms with van der Waals surface area (Å²) in [5.41, 5.74) is 6.82. The van der Waals surface area contributed by atoms with Crippen LogP contribution in [0.25, 0.3) is 0 Å². The van der Waals surface area contributed by atoms with Crippen molar-refractivity contribution in [2.45, 2.75) is 6.04 Å². The first-order chi connectivity index (χ1) is 5.25. The van der Waals surface area contributed by atoms with E-state index < -0.39 is 0 Å². The lowest BCUT2D eigenvalue weighted by molar-refractivity contribution is 0.908. The Morgan fingerprint density at radius 3 is 2.50 bits per heavy atom. The second-order valence-corrected chi connectivity index (χ2v) is 3.14. The Balaban J connectivity index is 0.00000121. The van der Waals surface area contributed by atoms with Gasteiger partial charge in [-0.2, -0.15) is 0 Å². The minimum atomic E-state index is -0.0782. The molecule has 12 heavy (non-hydrogen) atoms. The summed E-state index contributed by atoms with van der Waals surface area (Å²) in [5, 5.41) is 0. The molecule has 1 aromatic carbocycles. The molecule has 0 amide bonds. The Morgan fingerprint density at radius 2 is 2.00 bits per heavy atom. The molecule has 1 rings (SSSR count). The van der Waals surface area contributed by atoms with E-state index in [4.69, 9.17) is 5.73 Å². The van der Waals surface area contributed by atoms with E-state index >= 15 is 0 Å². The fourth-order valence-corrected chi connectivity index (χ4v) is 1.42. The van der Waals surface area contributed by atoms with Crippen molar-refractivity contribution >= 4 is 28.3 Å². The summed E-state index contributed by atoms with van der Waals surface area (Å²) in [7, 11) is 0. The van der Waals surface area contributed by atoms with Gasteiger partial charge in [-0.15, -0.1) is 19.0 Å². The van der Waals surface area contributed by atoms with Crippen molar-refractivity contribution < 1.29 is 0 Å². The van der Waals surface area contributed by atoms with Crippen molar-refractivity contribution in [3.05, 3.63) is 47.0 Å². The first kappa shape index (κ1) is 11.7. The average Bonchev–Trinajstić information content (AvgIpc) is 2.04. The van der Waals surface area contributed by atoms with Gasteiger partial charge < -0.3 is 5.73 Å². The lowest BCUT2D eigenvalue weighted by atomic mass is 10.1. The van der Waals surface area contributed by atoms with Gasteiger partial charge in [-0.25, -0.2) is 0 Å². The van der Waals surface area contributed by atoms with Crippen molar-refractivity contribution in [2.24, 2.45) is 5.73 Å². The zero-order valence-electron chi connectivity index (χ0n) is 6.53. The minimum Gasteiger partial charge on any atom is -0.321 e. The topological polar surface area (TPSA) is 26.0 Å². The molecule has 0 spiro atoms. The quantitative estimate of drug-likeness (QED) is 0.800. The third-order valence-electron chi connectivity index (χ3n) is 1.52. The maximum atomic E-state index is 5.75. The van der Waals surface area contributed by atoms with Gasteiger partial charge in [0.2, 0.25) is 0 Å². The number of hydrogen-bond acceptors (Lipinski definition) is 1. The van der Waals surface area contributed by atoms with E-state index in [0.29, 0.717) is 0 Å². The molecule has 0 saturated heterocycles. The largest absolute Gasteiger partial charge is 0.321 e. The van der Waals surface area contributed by atoms with Gasteiger partial charge >= 0.3 is 0 Å². The number of benzene rings is 1. The number of rotatable bonds is 2. The maximum absolute atomic E-state index is 5.75. The van der Waals surface area contributed by atoms with Gasteiger partial charge in [0.25, 0.3) is 0 Å². The third-order valence-corrected chi connectivity index (χ3v) is 2.24. The van der Waals surface area contributed by atoms with E-state index in [1.807, 2.05) is 24.3 Å². The molecule has 2 N–H and O–H groups in total.